The monoisotopic (exact) mass is 382 g/mol. The Hall–Kier alpha value is -2.37. The van der Waals surface area contributed by atoms with Crippen molar-refractivity contribution in [2.75, 3.05) is 33.9 Å². The van der Waals surface area contributed by atoms with Crippen molar-refractivity contribution in [1.82, 2.24) is 10.2 Å². The van der Waals surface area contributed by atoms with Gasteiger partial charge in [0.2, 0.25) is 5.91 Å². The van der Waals surface area contributed by atoms with Crippen LogP contribution >= 0.6 is 0 Å². The maximum atomic E-state index is 12.6. The van der Waals surface area contributed by atoms with Gasteiger partial charge in [-0.3, -0.25) is 9.69 Å². The quantitative estimate of drug-likeness (QED) is 0.675. The molecule has 0 bridgehead atoms. The third-order valence-electron chi connectivity index (χ3n) is 5.21. The third kappa shape index (κ3) is 5.33. The number of carbonyl (C=O) groups is 1. The van der Waals surface area contributed by atoms with Crippen LogP contribution in [0.1, 0.15) is 24.8 Å². The minimum absolute atomic E-state index is 0.0389. The third-order valence-corrected chi connectivity index (χ3v) is 5.21. The number of ether oxygens (including phenoxy) is 2. The van der Waals surface area contributed by atoms with E-state index in [2.05, 4.69) is 40.5 Å². The van der Waals surface area contributed by atoms with Gasteiger partial charge in [-0.25, -0.2) is 0 Å². The Bertz CT molecular complexity index is 778. The van der Waals surface area contributed by atoms with E-state index in [-0.39, 0.29) is 11.9 Å². The number of amides is 1. The zero-order valence-corrected chi connectivity index (χ0v) is 16.8. The molecule has 1 atom stereocenters. The highest BCUT2D eigenvalue weighted by Crippen LogP contribution is 2.26. The summed E-state index contributed by atoms with van der Waals surface area (Å²) < 4.78 is 10.4. The summed E-state index contributed by atoms with van der Waals surface area (Å²) in [4.78, 5) is 14.8. The van der Waals surface area contributed by atoms with Crippen LogP contribution in [-0.4, -0.2) is 50.8 Å². The maximum Gasteiger partial charge on any atom is 0.237 e. The fourth-order valence-corrected chi connectivity index (χ4v) is 3.74. The van der Waals surface area contributed by atoms with Crippen LogP contribution in [0.2, 0.25) is 0 Å². The van der Waals surface area contributed by atoms with Crippen molar-refractivity contribution in [3.05, 3.63) is 54.1 Å². The molecule has 0 spiro atoms. The summed E-state index contributed by atoms with van der Waals surface area (Å²) in [6, 6.07) is 16.6. The summed E-state index contributed by atoms with van der Waals surface area (Å²) in [6.07, 6.45) is 2.83. The number of likely N-dealkylation sites (tertiary alicyclic amines) is 1. The van der Waals surface area contributed by atoms with Crippen LogP contribution < -0.4 is 10.1 Å². The first-order valence-electron chi connectivity index (χ1n) is 9.95. The van der Waals surface area contributed by atoms with Crippen LogP contribution in [-0.2, 0) is 16.1 Å². The summed E-state index contributed by atoms with van der Waals surface area (Å²) >= 11 is 0. The van der Waals surface area contributed by atoms with E-state index in [0.29, 0.717) is 13.2 Å². The zero-order valence-electron chi connectivity index (χ0n) is 16.8. The van der Waals surface area contributed by atoms with Gasteiger partial charge < -0.3 is 14.8 Å². The van der Waals surface area contributed by atoms with Crippen LogP contribution in [0, 0.1) is 0 Å². The Morgan fingerprint density at radius 3 is 2.71 bits per heavy atom. The summed E-state index contributed by atoms with van der Waals surface area (Å²) in [6.45, 7) is 3.08. The van der Waals surface area contributed by atoms with E-state index in [4.69, 9.17) is 9.47 Å². The van der Waals surface area contributed by atoms with E-state index in [9.17, 15) is 4.79 Å². The topological polar surface area (TPSA) is 50.8 Å². The van der Waals surface area contributed by atoms with E-state index in [1.807, 2.05) is 18.2 Å². The van der Waals surface area contributed by atoms with E-state index >= 15 is 0 Å². The van der Waals surface area contributed by atoms with Gasteiger partial charge in [0.15, 0.2) is 0 Å². The minimum atomic E-state index is -0.0389. The summed E-state index contributed by atoms with van der Waals surface area (Å²) in [5.74, 6) is 0.991. The standard InChI is InChI=1S/C23H30N2O3/c1-27-14-6-12-24-23(26)22-11-5-13-25(22)17-18-7-3-8-19(15-18)20-9-4-10-21(16-20)28-2/h3-4,7-10,15-16,22H,5-6,11-14,17H2,1-2H3,(H,24,26). The normalized spacial score (nSPS) is 16.9. The second-order valence-corrected chi connectivity index (χ2v) is 7.20. The molecule has 1 aliphatic rings. The van der Waals surface area contributed by atoms with E-state index < -0.39 is 0 Å². The Balaban J connectivity index is 1.65. The Kier molecular flexibility index (Phi) is 7.46. The van der Waals surface area contributed by atoms with Crippen LogP contribution in [0.3, 0.4) is 0 Å². The van der Waals surface area contributed by atoms with Crippen molar-refractivity contribution >= 4 is 5.91 Å². The first-order valence-corrected chi connectivity index (χ1v) is 9.95. The zero-order chi connectivity index (χ0) is 19.8. The second-order valence-electron chi connectivity index (χ2n) is 7.20. The van der Waals surface area contributed by atoms with Gasteiger partial charge in [0, 0.05) is 26.8 Å². The van der Waals surface area contributed by atoms with Crippen molar-refractivity contribution < 1.29 is 14.3 Å². The lowest BCUT2D eigenvalue weighted by Crippen LogP contribution is -2.43. The number of nitrogens with zero attached hydrogens (tertiary/aromatic N) is 1. The molecule has 0 aromatic heterocycles. The lowest BCUT2D eigenvalue weighted by molar-refractivity contribution is -0.125. The summed E-state index contributed by atoms with van der Waals surface area (Å²) in [5.41, 5.74) is 3.52. The first-order chi connectivity index (χ1) is 13.7. The Morgan fingerprint density at radius 1 is 1.14 bits per heavy atom. The molecule has 1 heterocycles. The van der Waals surface area contributed by atoms with Crippen LogP contribution in [0.4, 0.5) is 0 Å². The molecule has 1 N–H and O–H groups in total. The predicted molar refractivity (Wildman–Crippen MR) is 111 cm³/mol. The molecule has 3 rings (SSSR count). The van der Waals surface area contributed by atoms with Crippen molar-refractivity contribution in [3.63, 3.8) is 0 Å². The molecule has 2 aromatic rings. The molecule has 1 fully saturated rings. The molecule has 1 amide bonds. The molecule has 28 heavy (non-hydrogen) atoms. The van der Waals surface area contributed by atoms with Crippen molar-refractivity contribution in [1.29, 1.82) is 0 Å². The van der Waals surface area contributed by atoms with Crippen molar-refractivity contribution in [3.8, 4) is 16.9 Å². The van der Waals surface area contributed by atoms with Gasteiger partial charge in [-0.2, -0.15) is 0 Å². The molecule has 2 aromatic carbocycles. The number of methoxy groups -OCH3 is 2. The molecule has 1 unspecified atom stereocenters. The van der Waals surface area contributed by atoms with Gasteiger partial charge in [0.25, 0.3) is 0 Å². The number of hydrogen-bond acceptors (Lipinski definition) is 4. The lowest BCUT2D eigenvalue weighted by Gasteiger charge is -2.24. The Labute approximate surface area is 167 Å². The van der Waals surface area contributed by atoms with Crippen molar-refractivity contribution in [2.45, 2.75) is 31.8 Å². The van der Waals surface area contributed by atoms with Gasteiger partial charge >= 0.3 is 0 Å². The average Bonchev–Trinajstić information content (AvgIpc) is 3.19. The SMILES string of the molecule is COCCCNC(=O)C1CCCN1Cc1cccc(-c2cccc(OC)c2)c1. The highest BCUT2D eigenvalue weighted by Gasteiger charge is 2.30. The number of nitrogens with one attached hydrogen (secondary N) is 1. The molecule has 0 saturated carbocycles. The highest BCUT2D eigenvalue weighted by atomic mass is 16.5. The van der Waals surface area contributed by atoms with Gasteiger partial charge in [0.05, 0.1) is 13.2 Å². The molecule has 5 nitrogen and oxygen atoms in total. The summed E-state index contributed by atoms with van der Waals surface area (Å²) in [7, 11) is 3.36. The van der Waals surface area contributed by atoms with Gasteiger partial charge in [0.1, 0.15) is 5.75 Å². The van der Waals surface area contributed by atoms with Crippen molar-refractivity contribution in [2.24, 2.45) is 0 Å². The van der Waals surface area contributed by atoms with Gasteiger partial charge in [-0.15, -0.1) is 0 Å². The fraction of sp³-hybridized carbons (Fsp3) is 0.435. The second kappa shape index (κ2) is 10.2. The molecule has 0 radical (unpaired) electrons. The number of rotatable bonds is 9. The van der Waals surface area contributed by atoms with Crippen LogP contribution in [0.25, 0.3) is 11.1 Å². The average molecular weight is 383 g/mol. The molecular formula is C23H30N2O3. The van der Waals surface area contributed by atoms with E-state index in [0.717, 1.165) is 49.2 Å². The molecular weight excluding hydrogens is 352 g/mol. The molecule has 1 saturated heterocycles. The fourth-order valence-electron chi connectivity index (χ4n) is 3.74. The maximum absolute atomic E-state index is 12.6. The van der Waals surface area contributed by atoms with E-state index in [1.165, 1.54) is 5.56 Å². The van der Waals surface area contributed by atoms with Crippen LogP contribution in [0.5, 0.6) is 5.75 Å². The largest absolute Gasteiger partial charge is 0.497 e. The smallest absolute Gasteiger partial charge is 0.237 e. The minimum Gasteiger partial charge on any atom is -0.497 e. The van der Waals surface area contributed by atoms with Gasteiger partial charge in [-0.05, 0) is 60.7 Å². The number of benzene rings is 2. The Morgan fingerprint density at radius 2 is 1.93 bits per heavy atom. The highest BCUT2D eigenvalue weighted by molar-refractivity contribution is 5.82. The summed E-state index contributed by atoms with van der Waals surface area (Å²) in [5, 5.41) is 3.05. The molecule has 150 valence electrons. The number of carbonyl (C=O) groups excluding carboxylic acids is 1. The van der Waals surface area contributed by atoms with Crippen LogP contribution in [0.15, 0.2) is 48.5 Å². The lowest BCUT2D eigenvalue weighted by atomic mass is 10.0. The first kappa shape index (κ1) is 20.4. The molecule has 1 aliphatic heterocycles. The van der Waals surface area contributed by atoms with E-state index in [1.54, 1.807) is 14.2 Å². The number of hydrogen-bond donors (Lipinski definition) is 1. The van der Waals surface area contributed by atoms with Gasteiger partial charge in [-0.1, -0.05) is 30.3 Å². The molecule has 5 heteroatoms. The predicted octanol–water partition coefficient (Wildman–Crippen LogP) is 3.48. The molecule has 0 aliphatic carbocycles.